The number of aliphatic hydroxyl groups is 1. The number of sulfonamides is 1. The number of ether oxygens (including phenoxy) is 1. The van der Waals surface area contributed by atoms with Gasteiger partial charge in [0.15, 0.2) is 11.6 Å². The second-order valence-electron chi connectivity index (χ2n) is 5.42. The van der Waals surface area contributed by atoms with Crippen molar-refractivity contribution in [1.29, 1.82) is 0 Å². The fourth-order valence-electron chi connectivity index (χ4n) is 2.16. The van der Waals surface area contributed by atoms with Gasteiger partial charge in [-0.05, 0) is 30.7 Å². The van der Waals surface area contributed by atoms with Crippen LogP contribution >= 0.6 is 0 Å². The van der Waals surface area contributed by atoms with Gasteiger partial charge in [-0.1, -0.05) is 29.8 Å². The molecule has 2 rings (SSSR count). The molecule has 0 aliphatic rings. The smallest absolute Gasteiger partial charge is 0.240 e. The summed E-state index contributed by atoms with van der Waals surface area (Å²) in [4.78, 5) is -0.379. The molecule has 0 radical (unpaired) electrons. The van der Waals surface area contributed by atoms with Crippen LogP contribution in [0.15, 0.2) is 47.4 Å². The number of halogens is 2. The fraction of sp³-hybridized carbons (Fsp3) is 0.294. The number of aryl methyl sites for hydroxylation is 1. The van der Waals surface area contributed by atoms with Gasteiger partial charge in [0.2, 0.25) is 10.0 Å². The molecule has 1 atom stereocenters. The van der Waals surface area contributed by atoms with Crippen LogP contribution in [-0.4, -0.2) is 33.3 Å². The number of aliphatic hydroxyl groups excluding tert-OH is 1. The van der Waals surface area contributed by atoms with Gasteiger partial charge in [-0.25, -0.2) is 21.9 Å². The summed E-state index contributed by atoms with van der Waals surface area (Å²) in [6.07, 6.45) is -0.632. The zero-order valence-electron chi connectivity index (χ0n) is 13.6. The van der Waals surface area contributed by atoms with Gasteiger partial charge in [0.05, 0.1) is 24.2 Å². The maximum atomic E-state index is 13.3. The van der Waals surface area contributed by atoms with Crippen LogP contribution in [0.25, 0.3) is 0 Å². The molecular weight excluding hydrogens is 352 g/mol. The molecule has 0 saturated heterocycles. The third-order valence-corrected chi connectivity index (χ3v) is 4.94. The van der Waals surface area contributed by atoms with Crippen LogP contribution in [-0.2, 0) is 14.8 Å². The molecule has 8 heteroatoms. The van der Waals surface area contributed by atoms with Gasteiger partial charge in [-0.2, -0.15) is 0 Å². The molecule has 0 aliphatic heterocycles. The number of hydrogen-bond acceptors (Lipinski definition) is 4. The number of hydrogen-bond donors (Lipinski definition) is 2. The summed E-state index contributed by atoms with van der Waals surface area (Å²) in [5.74, 6) is -2.36. The van der Waals surface area contributed by atoms with E-state index in [2.05, 4.69) is 4.72 Å². The van der Waals surface area contributed by atoms with E-state index in [0.717, 1.165) is 23.3 Å². The fourth-order valence-corrected chi connectivity index (χ4v) is 3.21. The summed E-state index contributed by atoms with van der Waals surface area (Å²) in [6, 6.07) is 9.66. The second-order valence-corrected chi connectivity index (χ2v) is 7.19. The Hall–Kier alpha value is -1.87. The van der Waals surface area contributed by atoms with Gasteiger partial charge in [0.1, 0.15) is 0 Å². The Kier molecular flexibility index (Phi) is 6.60. The molecular formula is C17H19F2NO4S. The predicted molar refractivity (Wildman–Crippen MR) is 88.5 cm³/mol. The van der Waals surface area contributed by atoms with Gasteiger partial charge in [0.25, 0.3) is 0 Å². The summed E-state index contributed by atoms with van der Waals surface area (Å²) in [5.41, 5.74) is 1.76. The highest BCUT2D eigenvalue weighted by Gasteiger charge is 2.20. The quantitative estimate of drug-likeness (QED) is 0.747. The predicted octanol–water partition coefficient (Wildman–Crippen LogP) is 2.30. The summed E-state index contributed by atoms with van der Waals surface area (Å²) in [7, 11) is -4.03. The topological polar surface area (TPSA) is 75.6 Å². The number of rotatable bonds is 8. The lowest BCUT2D eigenvalue weighted by atomic mass is 10.1. The third-order valence-electron chi connectivity index (χ3n) is 3.52. The largest absolute Gasteiger partial charge is 0.394 e. The lowest BCUT2D eigenvalue weighted by Crippen LogP contribution is -2.30. The molecule has 0 bridgehead atoms. The monoisotopic (exact) mass is 371 g/mol. The van der Waals surface area contributed by atoms with Crippen molar-refractivity contribution in [1.82, 2.24) is 4.72 Å². The van der Waals surface area contributed by atoms with Crippen molar-refractivity contribution in [3.8, 4) is 0 Å². The lowest BCUT2D eigenvalue weighted by Gasteiger charge is -2.19. The maximum absolute atomic E-state index is 13.3. The Bertz CT molecular complexity index is 810. The van der Waals surface area contributed by atoms with Crippen molar-refractivity contribution < 1.29 is 27.0 Å². The summed E-state index contributed by atoms with van der Waals surface area (Å²) < 4.78 is 58.5. The Balaban J connectivity index is 2.15. The minimum Gasteiger partial charge on any atom is -0.394 e. The summed E-state index contributed by atoms with van der Waals surface area (Å²) >= 11 is 0. The Morgan fingerprint density at radius 2 is 1.80 bits per heavy atom. The van der Waals surface area contributed by atoms with Crippen LogP contribution < -0.4 is 4.72 Å². The third kappa shape index (κ3) is 5.30. The van der Waals surface area contributed by atoms with E-state index >= 15 is 0 Å². The molecule has 0 spiro atoms. The molecule has 136 valence electrons. The van der Waals surface area contributed by atoms with E-state index in [-0.39, 0.29) is 24.7 Å². The second kappa shape index (κ2) is 8.48. The van der Waals surface area contributed by atoms with E-state index in [1.54, 1.807) is 12.1 Å². The van der Waals surface area contributed by atoms with Crippen LogP contribution in [0, 0.1) is 18.6 Å². The van der Waals surface area contributed by atoms with Crippen molar-refractivity contribution in [2.24, 2.45) is 0 Å². The van der Waals surface area contributed by atoms with Gasteiger partial charge in [-0.15, -0.1) is 0 Å². The van der Waals surface area contributed by atoms with E-state index < -0.39 is 27.8 Å². The normalized spacial score (nSPS) is 13.0. The van der Waals surface area contributed by atoms with E-state index in [0.29, 0.717) is 6.07 Å². The first-order valence-electron chi connectivity index (χ1n) is 7.57. The highest BCUT2D eigenvalue weighted by atomic mass is 32.2. The van der Waals surface area contributed by atoms with Crippen molar-refractivity contribution in [3.63, 3.8) is 0 Å². The first-order chi connectivity index (χ1) is 11.8. The highest BCUT2D eigenvalue weighted by Crippen LogP contribution is 2.19. The van der Waals surface area contributed by atoms with Gasteiger partial charge >= 0.3 is 0 Å². The molecule has 0 aliphatic carbocycles. The highest BCUT2D eigenvalue weighted by molar-refractivity contribution is 7.89. The molecule has 0 aromatic heterocycles. The van der Waals surface area contributed by atoms with Crippen molar-refractivity contribution >= 4 is 10.0 Å². The molecule has 0 amide bonds. The molecule has 2 aromatic carbocycles. The first kappa shape index (κ1) is 19.5. The molecule has 1 unspecified atom stereocenters. The van der Waals surface area contributed by atoms with Crippen LogP contribution in [0.3, 0.4) is 0 Å². The molecule has 0 saturated carbocycles. The Labute approximate surface area is 145 Å². The summed E-state index contributed by atoms with van der Waals surface area (Å²) in [5, 5.41) is 8.93. The number of nitrogens with one attached hydrogen (secondary N) is 1. The maximum Gasteiger partial charge on any atom is 0.240 e. The minimum absolute atomic E-state index is 0.0332. The average Bonchev–Trinajstić information content (AvgIpc) is 2.58. The van der Waals surface area contributed by atoms with Crippen molar-refractivity contribution in [2.75, 3.05) is 19.8 Å². The van der Waals surface area contributed by atoms with Crippen LogP contribution in [0.1, 0.15) is 17.2 Å². The van der Waals surface area contributed by atoms with E-state index in [1.807, 2.05) is 19.1 Å². The van der Waals surface area contributed by atoms with Crippen LogP contribution in [0.2, 0.25) is 0 Å². The van der Waals surface area contributed by atoms with E-state index in [1.165, 1.54) is 0 Å². The van der Waals surface area contributed by atoms with Crippen molar-refractivity contribution in [3.05, 3.63) is 65.2 Å². The van der Waals surface area contributed by atoms with Crippen LogP contribution in [0.4, 0.5) is 8.78 Å². The zero-order chi connectivity index (χ0) is 18.4. The van der Waals surface area contributed by atoms with E-state index in [4.69, 9.17) is 9.84 Å². The lowest BCUT2D eigenvalue weighted by molar-refractivity contribution is 0.0309. The number of benzene rings is 2. The van der Waals surface area contributed by atoms with E-state index in [9.17, 15) is 17.2 Å². The Morgan fingerprint density at radius 1 is 1.12 bits per heavy atom. The van der Waals surface area contributed by atoms with Crippen LogP contribution in [0.5, 0.6) is 0 Å². The van der Waals surface area contributed by atoms with Gasteiger partial charge in [-0.3, -0.25) is 0 Å². The summed E-state index contributed by atoms with van der Waals surface area (Å²) in [6.45, 7) is 1.62. The molecule has 2 N–H and O–H groups in total. The first-order valence-corrected chi connectivity index (χ1v) is 9.05. The molecule has 5 nitrogen and oxygen atoms in total. The molecule has 25 heavy (non-hydrogen) atoms. The minimum atomic E-state index is -4.03. The molecule has 0 fully saturated rings. The molecule has 0 heterocycles. The standard InChI is InChI=1S/C17H19F2NO4S/c1-12-2-4-13(5-3-12)17(24-9-8-21)11-20-25(22,23)14-6-7-15(18)16(19)10-14/h2-7,10,17,20-21H,8-9,11H2,1H3. The molecule has 2 aromatic rings. The van der Waals surface area contributed by atoms with Gasteiger partial charge in [0, 0.05) is 6.54 Å². The van der Waals surface area contributed by atoms with Gasteiger partial charge < -0.3 is 9.84 Å². The zero-order valence-corrected chi connectivity index (χ0v) is 14.4. The SMILES string of the molecule is Cc1ccc(C(CNS(=O)(=O)c2ccc(F)c(F)c2)OCCO)cc1. The average molecular weight is 371 g/mol. The van der Waals surface area contributed by atoms with Crippen molar-refractivity contribution in [2.45, 2.75) is 17.9 Å². The Morgan fingerprint density at radius 3 is 2.40 bits per heavy atom.